The molecule has 23 heavy (non-hydrogen) atoms. The predicted octanol–water partition coefficient (Wildman–Crippen LogP) is 2.88. The average molecular weight is 325 g/mol. The summed E-state index contributed by atoms with van der Waals surface area (Å²) in [7, 11) is 0.465. The summed E-state index contributed by atoms with van der Waals surface area (Å²) in [5, 5.41) is 3.38. The number of aromatic nitrogens is 1. The quantitative estimate of drug-likeness (QED) is 0.495. The fraction of sp³-hybridized carbons (Fsp3) is 0.0588. The van der Waals surface area contributed by atoms with Crippen molar-refractivity contribution in [2.24, 2.45) is 0 Å². The van der Waals surface area contributed by atoms with Crippen LogP contribution in [0.25, 0.3) is 0 Å². The van der Waals surface area contributed by atoms with Crippen molar-refractivity contribution in [3.8, 4) is 0 Å². The summed E-state index contributed by atoms with van der Waals surface area (Å²) in [6.07, 6.45) is 11.7. The highest BCUT2D eigenvalue weighted by Gasteiger charge is 2.24. The summed E-state index contributed by atoms with van der Waals surface area (Å²) in [6, 6.07) is 1.58. The molecular formula is C17H16N3O2P. The summed E-state index contributed by atoms with van der Waals surface area (Å²) in [5.41, 5.74) is 7.23. The lowest BCUT2D eigenvalue weighted by atomic mass is 10.1. The Balaban J connectivity index is 2.24. The number of amides is 1. The van der Waals surface area contributed by atoms with Crippen LogP contribution in [0.5, 0.6) is 0 Å². The largest absolute Gasteiger partial charge is 0.397 e. The lowest BCUT2D eigenvalue weighted by molar-refractivity contribution is -0.116. The van der Waals surface area contributed by atoms with Crippen molar-refractivity contribution in [2.45, 2.75) is 6.92 Å². The monoisotopic (exact) mass is 325 g/mol. The van der Waals surface area contributed by atoms with Crippen LogP contribution in [0.15, 0.2) is 66.6 Å². The van der Waals surface area contributed by atoms with Gasteiger partial charge < -0.3 is 11.1 Å². The molecule has 0 atom stereocenters. The molecule has 3 N–H and O–H groups in total. The number of allylic oxidation sites excluding steroid dienone is 6. The molecule has 1 aliphatic heterocycles. The lowest BCUT2D eigenvalue weighted by Gasteiger charge is -2.06. The summed E-state index contributed by atoms with van der Waals surface area (Å²) < 4.78 is 0. The number of anilines is 2. The van der Waals surface area contributed by atoms with Crippen LogP contribution in [0.3, 0.4) is 0 Å². The number of hydrogen-bond acceptors (Lipinski definition) is 4. The molecule has 1 aromatic rings. The highest BCUT2D eigenvalue weighted by molar-refractivity contribution is 7.62. The van der Waals surface area contributed by atoms with E-state index < -0.39 is 5.91 Å². The van der Waals surface area contributed by atoms with Crippen molar-refractivity contribution in [2.75, 3.05) is 11.1 Å². The number of carbonyl (C=O) groups excluding carboxylic acids is 2. The maximum Gasteiger partial charge on any atom is 0.260 e. The van der Waals surface area contributed by atoms with Crippen molar-refractivity contribution < 1.29 is 9.59 Å². The maximum atomic E-state index is 12.3. The average Bonchev–Trinajstić information content (AvgIpc) is 2.91. The van der Waals surface area contributed by atoms with E-state index >= 15 is 0 Å². The van der Waals surface area contributed by atoms with E-state index in [-0.39, 0.29) is 11.1 Å². The topological polar surface area (TPSA) is 85.1 Å². The Bertz CT molecular complexity index is 789. The maximum absolute atomic E-state index is 12.3. The van der Waals surface area contributed by atoms with Crippen molar-refractivity contribution in [1.29, 1.82) is 0 Å². The zero-order chi connectivity index (χ0) is 16.8. The molecule has 1 amide bonds. The van der Waals surface area contributed by atoms with E-state index in [2.05, 4.69) is 16.9 Å². The van der Waals surface area contributed by atoms with E-state index in [0.717, 1.165) is 10.9 Å². The SMILES string of the molecule is C=C/C=C(\C=C/C)C1=PC(=O)C(C(=O)Nc2cnccc2N)=C1. The summed E-state index contributed by atoms with van der Waals surface area (Å²) >= 11 is 0. The van der Waals surface area contributed by atoms with Gasteiger partial charge in [-0.15, -0.1) is 0 Å². The van der Waals surface area contributed by atoms with E-state index in [0.29, 0.717) is 19.6 Å². The van der Waals surface area contributed by atoms with Crippen LogP contribution >= 0.6 is 8.20 Å². The molecule has 0 aliphatic carbocycles. The van der Waals surface area contributed by atoms with Gasteiger partial charge in [0.2, 0.25) is 5.52 Å². The number of nitrogens with one attached hydrogen (secondary N) is 1. The fourth-order valence-corrected chi connectivity index (χ4v) is 2.92. The van der Waals surface area contributed by atoms with Gasteiger partial charge in [-0.25, -0.2) is 0 Å². The molecule has 0 saturated heterocycles. The van der Waals surface area contributed by atoms with E-state index in [1.54, 1.807) is 24.3 Å². The van der Waals surface area contributed by atoms with Gasteiger partial charge in [0.1, 0.15) is 0 Å². The first-order chi connectivity index (χ1) is 11.1. The minimum Gasteiger partial charge on any atom is -0.397 e. The molecule has 1 aromatic heterocycles. The second kappa shape index (κ2) is 7.47. The number of rotatable bonds is 5. The van der Waals surface area contributed by atoms with Crippen molar-refractivity contribution in [3.05, 3.63) is 66.6 Å². The molecule has 5 nitrogen and oxygen atoms in total. The third kappa shape index (κ3) is 3.90. The Morgan fingerprint density at radius 3 is 2.91 bits per heavy atom. The molecule has 0 bridgehead atoms. The van der Waals surface area contributed by atoms with Crippen molar-refractivity contribution in [3.63, 3.8) is 0 Å². The van der Waals surface area contributed by atoms with E-state index in [1.807, 2.05) is 19.1 Å². The molecular weight excluding hydrogens is 309 g/mol. The van der Waals surface area contributed by atoms with Gasteiger partial charge >= 0.3 is 0 Å². The molecule has 0 fully saturated rings. The Morgan fingerprint density at radius 1 is 1.48 bits per heavy atom. The molecule has 0 unspecified atom stereocenters. The number of hydrogen-bond donors (Lipinski definition) is 2. The molecule has 1 aliphatic rings. The predicted molar refractivity (Wildman–Crippen MR) is 95.4 cm³/mol. The van der Waals surface area contributed by atoms with Crippen LogP contribution < -0.4 is 11.1 Å². The van der Waals surface area contributed by atoms with Crippen LogP contribution in [-0.2, 0) is 9.59 Å². The third-order valence-corrected chi connectivity index (χ3v) is 4.09. The standard InChI is InChI=1S/C17H16N3O2P/c1-3-5-11(6-4-2)15-9-12(17(22)23-15)16(21)20-14-10-19-8-7-13(14)18/h3-10H,1H2,2H3,(H2,18,19)(H,20,21)/b6-4-,11-5+. The van der Waals surface area contributed by atoms with Crippen LogP contribution in [-0.4, -0.2) is 21.7 Å². The smallest absolute Gasteiger partial charge is 0.260 e. The first-order valence-corrected chi connectivity index (χ1v) is 7.77. The van der Waals surface area contributed by atoms with E-state index in [1.165, 1.54) is 12.4 Å². The van der Waals surface area contributed by atoms with E-state index in [4.69, 9.17) is 5.73 Å². The zero-order valence-electron chi connectivity index (χ0n) is 12.6. The van der Waals surface area contributed by atoms with Crippen molar-refractivity contribution in [1.82, 2.24) is 4.98 Å². The second-order valence-corrected chi connectivity index (χ2v) is 5.75. The summed E-state index contributed by atoms with van der Waals surface area (Å²) in [4.78, 5) is 28.3. The third-order valence-electron chi connectivity index (χ3n) is 3.02. The summed E-state index contributed by atoms with van der Waals surface area (Å²) in [6.45, 7) is 5.54. The first-order valence-electron chi connectivity index (χ1n) is 6.88. The molecule has 2 heterocycles. The van der Waals surface area contributed by atoms with Gasteiger partial charge in [-0.2, -0.15) is 0 Å². The van der Waals surface area contributed by atoms with Crippen LogP contribution in [0.4, 0.5) is 11.4 Å². The Hall–Kier alpha value is -2.78. The van der Waals surface area contributed by atoms with Gasteiger partial charge in [0.05, 0.1) is 23.1 Å². The first kappa shape index (κ1) is 16.6. The van der Waals surface area contributed by atoms with Gasteiger partial charge in [-0.1, -0.05) is 30.9 Å². The van der Waals surface area contributed by atoms with Crippen LogP contribution in [0, 0.1) is 0 Å². The second-order valence-electron chi connectivity index (χ2n) is 4.63. The molecule has 0 saturated carbocycles. The minimum atomic E-state index is -0.490. The normalized spacial score (nSPS) is 15.3. The highest BCUT2D eigenvalue weighted by Crippen LogP contribution is 2.26. The molecule has 0 spiro atoms. The fourth-order valence-electron chi connectivity index (χ4n) is 1.94. The summed E-state index contributed by atoms with van der Waals surface area (Å²) in [5.74, 6) is -0.490. The van der Waals surface area contributed by atoms with E-state index in [9.17, 15) is 9.59 Å². The molecule has 0 radical (unpaired) electrons. The lowest BCUT2D eigenvalue weighted by Crippen LogP contribution is -2.18. The number of carbonyl (C=O) groups is 2. The number of pyridine rings is 1. The van der Waals surface area contributed by atoms with Crippen LogP contribution in [0.1, 0.15) is 6.92 Å². The van der Waals surface area contributed by atoms with Gasteiger partial charge in [-0.3, -0.25) is 14.6 Å². The van der Waals surface area contributed by atoms with Gasteiger partial charge in [-0.05, 0) is 32.8 Å². The highest BCUT2D eigenvalue weighted by atomic mass is 31.1. The van der Waals surface area contributed by atoms with Gasteiger partial charge in [0.25, 0.3) is 5.91 Å². The Morgan fingerprint density at radius 2 is 2.26 bits per heavy atom. The molecule has 6 heteroatoms. The Kier molecular flexibility index (Phi) is 5.39. The number of nitrogens with zero attached hydrogens (tertiary/aromatic N) is 1. The molecule has 116 valence electrons. The Labute approximate surface area is 136 Å². The number of nitrogen functional groups attached to an aromatic ring is 1. The zero-order valence-corrected chi connectivity index (χ0v) is 13.5. The van der Waals surface area contributed by atoms with Gasteiger partial charge in [0, 0.05) is 11.5 Å². The van der Waals surface area contributed by atoms with Crippen molar-refractivity contribution >= 4 is 36.3 Å². The van der Waals surface area contributed by atoms with Gasteiger partial charge in [0.15, 0.2) is 0 Å². The minimum absolute atomic E-state index is 0.101. The number of nitrogens with two attached hydrogens (primary N) is 1. The molecule has 0 aromatic carbocycles. The van der Waals surface area contributed by atoms with Crippen LogP contribution in [0.2, 0.25) is 0 Å². The molecule has 2 rings (SSSR count).